The van der Waals surface area contributed by atoms with Crippen molar-refractivity contribution in [3.05, 3.63) is 68.8 Å². The lowest BCUT2D eigenvalue weighted by Crippen LogP contribution is -2.15. The molecule has 2 rings (SSSR count). The van der Waals surface area contributed by atoms with Crippen molar-refractivity contribution in [3.63, 3.8) is 0 Å². The van der Waals surface area contributed by atoms with Crippen molar-refractivity contribution in [2.24, 2.45) is 0 Å². The lowest BCUT2D eigenvalue weighted by atomic mass is 10.3. The smallest absolute Gasteiger partial charge is 0.297 e. The summed E-state index contributed by atoms with van der Waals surface area (Å²) in [5.74, 6) is 0. The first-order valence-corrected chi connectivity index (χ1v) is 12.3. The maximum atomic E-state index is 12.0. The zero-order chi connectivity index (χ0) is 25.2. The number of nitrogens with zero attached hydrogens (tertiary/aromatic N) is 2. The number of benzene rings is 2. The van der Waals surface area contributed by atoms with Crippen LogP contribution < -0.4 is 0 Å². The molecule has 14 nitrogen and oxygen atoms in total. The van der Waals surface area contributed by atoms with Crippen molar-refractivity contribution in [3.8, 4) is 0 Å². The van der Waals surface area contributed by atoms with E-state index >= 15 is 0 Å². The molecule has 0 aliphatic rings. The predicted octanol–water partition coefficient (Wildman–Crippen LogP) is 1.65. The number of hydrogen-bond acceptors (Lipinski definition) is 12. The summed E-state index contributed by atoms with van der Waals surface area (Å²) >= 11 is 0. The number of ether oxygens (including phenoxy) is 2. The summed E-state index contributed by atoms with van der Waals surface area (Å²) < 4.78 is 67.8. The Morgan fingerprint density at radius 3 is 1.15 bits per heavy atom. The average molecular weight is 520 g/mol. The van der Waals surface area contributed by atoms with Crippen molar-refractivity contribution < 1.29 is 44.5 Å². The maximum Gasteiger partial charge on any atom is 0.297 e. The molecule has 0 aliphatic carbocycles. The van der Waals surface area contributed by atoms with Gasteiger partial charge in [-0.3, -0.25) is 28.6 Å². The van der Waals surface area contributed by atoms with Crippen LogP contribution in [0.1, 0.15) is 0 Å². The van der Waals surface area contributed by atoms with Crippen LogP contribution in [0.3, 0.4) is 0 Å². The molecule has 34 heavy (non-hydrogen) atoms. The van der Waals surface area contributed by atoms with E-state index in [0.29, 0.717) is 0 Å². The molecule has 2 aromatic carbocycles. The van der Waals surface area contributed by atoms with E-state index < -0.39 is 30.1 Å². The first kappa shape index (κ1) is 27.2. The Balaban J connectivity index is 1.58. The summed E-state index contributed by atoms with van der Waals surface area (Å²) in [5, 5.41) is 21.2. The van der Waals surface area contributed by atoms with Gasteiger partial charge in [0.1, 0.15) is 0 Å². The fraction of sp³-hybridized carbons (Fsp3) is 0.333. The summed E-state index contributed by atoms with van der Waals surface area (Å²) in [6, 6.07) is 8.43. The fourth-order valence-electron chi connectivity index (χ4n) is 2.33. The topological polar surface area (TPSA) is 191 Å². The summed E-state index contributed by atoms with van der Waals surface area (Å²) in [7, 11) is -8.18. The van der Waals surface area contributed by atoms with Crippen LogP contribution in [-0.4, -0.2) is 66.3 Å². The molecule has 2 aromatic rings. The summed E-state index contributed by atoms with van der Waals surface area (Å²) in [6.07, 6.45) is 0. The Morgan fingerprint density at radius 1 is 0.559 bits per heavy atom. The van der Waals surface area contributed by atoms with E-state index in [4.69, 9.17) is 17.8 Å². The second-order valence-corrected chi connectivity index (χ2v) is 9.51. The Bertz CT molecular complexity index is 1080. The molecule has 16 heteroatoms. The minimum atomic E-state index is -4.09. The van der Waals surface area contributed by atoms with E-state index in [-0.39, 0.29) is 60.8 Å². The Morgan fingerprint density at radius 2 is 0.853 bits per heavy atom. The van der Waals surface area contributed by atoms with Gasteiger partial charge in [0.2, 0.25) is 0 Å². The van der Waals surface area contributed by atoms with E-state index in [1.54, 1.807) is 0 Å². The molecule has 186 valence electrons. The van der Waals surface area contributed by atoms with Gasteiger partial charge in [0.15, 0.2) is 0 Å². The second kappa shape index (κ2) is 12.4. The summed E-state index contributed by atoms with van der Waals surface area (Å²) in [6.45, 7) is -0.626. The van der Waals surface area contributed by atoms with Crippen LogP contribution >= 0.6 is 0 Å². The molecule has 0 amide bonds. The van der Waals surface area contributed by atoms with Gasteiger partial charge < -0.3 is 9.47 Å². The minimum absolute atomic E-state index is 0.0655. The molecule has 0 saturated heterocycles. The van der Waals surface area contributed by atoms with E-state index in [1.807, 2.05) is 0 Å². The number of nitro benzene ring substituents is 2. The largest absolute Gasteiger partial charge is 0.377 e. The number of rotatable bonds is 15. The van der Waals surface area contributed by atoms with Crippen LogP contribution in [-0.2, 0) is 38.1 Å². The third-order valence-electron chi connectivity index (χ3n) is 3.98. The first-order valence-electron chi connectivity index (χ1n) is 9.46. The summed E-state index contributed by atoms with van der Waals surface area (Å²) in [5.41, 5.74) is -0.506. The summed E-state index contributed by atoms with van der Waals surface area (Å²) in [4.78, 5) is 19.4. The zero-order valence-electron chi connectivity index (χ0n) is 17.5. The molecule has 0 aromatic heterocycles. The standard InChI is InChI=1S/C18H20N2O12S2/c21-19(22)15-1-5-17(6-2-15)33(25,26)31-13-11-29-9-10-30-12-14-32-34(27,28)18-7-3-16(4-8-18)20(23)24/h1-8H,9-14H2. The van der Waals surface area contributed by atoms with Crippen LogP contribution in [0, 0.1) is 20.2 Å². The van der Waals surface area contributed by atoms with Crippen molar-refractivity contribution >= 4 is 31.6 Å². The molecule has 0 spiro atoms. The van der Waals surface area contributed by atoms with E-state index in [9.17, 15) is 37.1 Å². The third-order valence-corrected chi connectivity index (χ3v) is 6.63. The Hall–Kier alpha value is -3.02. The molecule has 0 saturated carbocycles. The first-order chi connectivity index (χ1) is 16.0. The normalized spacial score (nSPS) is 11.9. The molecule has 0 aliphatic heterocycles. The van der Waals surface area contributed by atoms with E-state index in [1.165, 1.54) is 0 Å². The van der Waals surface area contributed by atoms with Gasteiger partial charge in [-0.1, -0.05) is 0 Å². The van der Waals surface area contributed by atoms with Gasteiger partial charge in [0.25, 0.3) is 31.6 Å². The van der Waals surface area contributed by atoms with Crippen molar-refractivity contribution in [1.29, 1.82) is 0 Å². The molecule has 0 N–H and O–H groups in total. The van der Waals surface area contributed by atoms with Crippen LogP contribution in [0.2, 0.25) is 0 Å². The van der Waals surface area contributed by atoms with Crippen LogP contribution in [0.15, 0.2) is 58.3 Å². The van der Waals surface area contributed by atoms with Gasteiger partial charge in [-0.15, -0.1) is 0 Å². The minimum Gasteiger partial charge on any atom is -0.377 e. The highest BCUT2D eigenvalue weighted by Gasteiger charge is 2.18. The number of nitro groups is 2. The lowest BCUT2D eigenvalue weighted by molar-refractivity contribution is -0.385. The maximum absolute atomic E-state index is 12.0. The number of non-ortho nitro benzene ring substituents is 2. The second-order valence-electron chi connectivity index (χ2n) is 6.28. The van der Waals surface area contributed by atoms with Gasteiger partial charge in [-0.25, -0.2) is 0 Å². The average Bonchev–Trinajstić information content (AvgIpc) is 2.80. The van der Waals surface area contributed by atoms with Crippen molar-refractivity contribution in [2.75, 3.05) is 39.6 Å². The highest BCUT2D eigenvalue weighted by Crippen LogP contribution is 2.18. The van der Waals surface area contributed by atoms with Gasteiger partial charge in [-0.05, 0) is 24.3 Å². The van der Waals surface area contributed by atoms with Gasteiger partial charge in [0, 0.05) is 24.3 Å². The number of hydrogen-bond donors (Lipinski definition) is 0. The molecule has 0 atom stereocenters. The molecule has 0 unspecified atom stereocenters. The van der Waals surface area contributed by atoms with E-state index in [2.05, 4.69) is 0 Å². The monoisotopic (exact) mass is 520 g/mol. The van der Waals surface area contributed by atoms with Gasteiger partial charge in [0.05, 0.1) is 59.3 Å². The Kier molecular flexibility index (Phi) is 9.97. The predicted molar refractivity (Wildman–Crippen MR) is 114 cm³/mol. The molecular weight excluding hydrogens is 500 g/mol. The van der Waals surface area contributed by atoms with Crippen molar-refractivity contribution in [2.45, 2.75) is 9.79 Å². The molecule has 0 bridgehead atoms. The van der Waals surface area contributed by atoms with Crippen molar-refractivity contribution in [1.82, 2.24) is 0 Å². The van der Waals surface area contributed by atoms with Crippen LogP contribution in [0.25, 0.3) is 0 Å². The Labute approximate surface area is 194 Å². The van der Waals surface area contributed by atoms with Gasteiger partial charge in [-0.2, -0.15) is 16.8 Å². The van der Waals surface area contributed by atoms with Crippen LogP contribution in [0.4, 0.5) is 11.4 Å². The quantitative estimate of drug-likeness (QED) is 0.143. The highest BCUT2D eigenvalue weighted by molar-refractivity contribution is 7.87. The lowest BCUT2D eigenvalue weighted by Gasteiger charge is -2.08. The highest BCUT2D eigenvalue weighted by atomic mass is 32.2. The zero-order valence-corrected chi connectivity index (χ0v) is 19.1. The molecule has 0 heterocycles. The fourth-order valence-corrected chi connectivity index (χ4v) is 4.12. The SMILES string of the molecule is O=[N+]([O-])c1ccc(S(=O)(=O)OCCOCCOCCOS(=O)(=O)c2ccc([N+](=O)[O-])cc2)cc1. The van der Waals surface area contributed by atoms with Gasteiger partial charge >= 0.3 is 0 Å². The molecular formula is C18H20N2O12S2. The molecule has 0 radical (unpaired) electrons. The molecule has 0 fully saturated rings. The van der Waals surface area contributed by atoms with Crippen LogP contribution in [0.5, 0.6) is 0 Å². The third kappa shape index (κ3) is 8.40. The van der Waals surface area contributed by atoms with E-state index in [0.717, 1.165) is 48.5 Å².